The van der Waals surface area contributed by atoms with Crippen molar-refractivity contribution in [2.24, 2.45) is 10.9 Å². The molecule has 1 aromatic rings. The van der Waals surface area contributed by atoms with E-state index in [9.17, 15) is 4.79 Å². The lowest BCUT2D eigenvalue weighted by Crippen LogP contribution is -2.46. The highest BCUT2D eigenvalue weighted by Crippen LogP contribution is 2.31. The van der Waals surface area contributed by atoms with Crippen LogP contribution in [-0.2, 0) is 11.2 Å². The average molecular weight is 453 g/mol. The number of hydrogen-bond acceptors (Lipinski definition) is 6. The van der Waals surface area contributed by atoms with E-state index in [0.717, 1.165) is 56.1 Å². The summed E-state index contributed by atoms with van der Waals surface area (Å²) in [4.78, 5) is 22.1. The van der Waals surface area contributed by atoms with E-state index in [2.05, 4.69) is 38.8 Å². The van der Waals surface area contributed by atoms with Gasteiger partial charge in [-0.25, -0.2) is 4.99 Å². The molecule has 2 atom stereocenters. The van der Waals surface area contributed by atoms with Crippen molar-refractivity contribution in [3.05, 3.63) is 48.3 Å². The number of hydrogen-bond donors (Lipinski definition) is 1. The molecule has 33 heavy (non-hydrogen) atoms. The van der Waals surface area contributed by atoms with Gasteiger partial charge in [0.25, 0.3) is 0 Å². The van der Waals surface area contributed by atoms with Gasteiger partial charge in [-0.05, 0) is 69.5 Å². The van der Waals surface area contributed by atoms with Crippen molar-refractivity contribution in [2.45, 2.75) is 38.6 Å². The molecule has 7 heteroatoms. The maximum atomic E-state index is 13.2. The predicted molar refractivity (Wildman–Crippen MR) is 131 cm³/mol. The van der Waals surface area contributed by atoms with Crippen LogP contribution in [0.3, 0.4) is 0 Å². The van der Waals surface area contributed by atoms with Crippen LogP contribution in [0.15, 0.2) is 47.7 Å². The molecule has 178 valence electrons. The van der Waals surface area contributed by atoms with Gasteiger partial charge in [0.05, 0.1) is 5.92 Å². The minimum Gasteiger partial charge on any atom is -0.486 e. The Kier molecular flexibility index (Phi) is 8.05. The molecule has 2 saturated heterocycles. The van der Waals surface area contributed by atoms with Crippen molar-refractivity contribution < 1.29 is 14.3 Å². The van der Waals surface area contributed by atoms with Crippen LogP contribution in [0.1, 0.15) is 31.7 Å². The number of nitrogens with one attached hydrogen (secondary N) is 1. The van der Waals surface area contributed by atoms with Gasteiger partial charge in [0.2, 0.25) is 5.91 Å². The summed E-state index contributed by atoms with van der Waals surface area (Å²) in [5.41, 5.74) is 1.16. The predicted octanol–water partition coefficient (Wildman–Crippen LogP) is 3.02. The molecule has 0 spiro atoms. The molecule has 3 heterocycles. The SMILES string of the molecule is C=C(N=C/C=C\C)N1CC[C@@H](C(=O)NC(Cc2ccc3c(c2)OCCO3)CN2CCCC2)C1. The van der Waals surface area contributed by atoms with Gasteiger partial charge in [0, 0.05) is 31.9 Å². The Morgan fingerprint density at radius 2 is 2.03 bits per heavy atom. The second-order valence-corrected chi connectivity index (χ2v) is 9.05. The van der Waals surface area contributed by atoms with Crippen molar-refractivity contribution in [3.8, 4) is 11.5 Å². The van der Waals surface area contributed by atoms with E-state index in [1.54, 1.807) is 6.21 Å². The van der Waals surface area contributed by atoms with Crippen molar-refractivity contribution in [1.82, 2.24) is 15.1 Å². The van der Waals surface area contributed by atoms with Crippen LogP contribution < -0.4 is 14.8 Å². The van der Waals surface area contributed by atoms with Crippen LogP contribution in [0.4, 0.5) is 0 Å². The fraction of sp³-hybridized carbons (Fsp3) is 0.538. The number of carbonyl (C=O) groups is 1. The second-order valence-electron chi connectivity index (χ2n) is 9.05. The number of fused-ring (bicyclic) bond motifs is 1. The summed E-state index contributed by atoms with van der Waals surface area (Å²) in [6, 6.07) is 6.18. The number of likely N-dealkylation sites (tertiary alicyclic amines) is 2. The second kappa shape index (κ2) is 11.4. The number of carbonyl (C=O) groups excluding carboxylic acids is 1. The first-order chi connectivity index (χ1) is 16.1. The normalized spacial score (nSPS) is 21.7. The summed E-state index contributed by atoms with van der Waals surface area (Å²) in [5, 5.41) is 3.37. The fourth-order valence-corrected chi connectivity index (χ4v) is 4.76. The lowest BCUT2D eigenvalue weighted by Gasteiger charge is -2.26. The Morgan fingerprint density at radius 3 is 2.82 bits per heavy atom. The third-order valence-corrected chi connectivity index (χ3v) is 6.54. The van der Waals surface area contributed by atoms with Crippen molar-refractivity contribution in [2.75, 3.05) is 45.9 Å². The van der Waals surface area contributed by atoms with Crippen molar-refractivity contribution in [1.29, 1.82) is 0 Å². The molecule has 2 fully saturated rings. The third-order valence-electron chi connectivity index (χ3n) is 6.54. The van der Waals surface area contributed by atoms with Crippen LogP contribution in [-0.4, -0.2) is 73.9 Å². The van der Waals surface area contributed by atoms with Gasteiger partial charge >= 0.3 is 0 Å². The average Bonchev–Trinajstić information content (AvgIpc) is 3.51. The lowest BCUT2D eigenvalue weighted by atomic mass is 10.0. The first-order valence-corrected chi connectivity index (χ1v) is 12.1. The highest BCUT2D eigenvalue weighted by atomic mass is 16.6. The van der Waals surface area contributed by atoms with Gasteiger partial charge in [-0.15, -0.1) is 0 Å². The number of allylic oxidation sites excluding steroid dienone is 2. The molecule has 3 aliphatic heterocycles. The van der Waals surface area contributed by atoms with E-state index in [1.165, 1.54) is 12.8 Å². The molecule has 0 radical (unpaired) electrons. The van der Waals surface area contributed by atoms with Crippen LogP contribution in [0.25, 0.3) is 0 Å². The smallest absolute Gasteiger partial charge is 0.225 e. The maximum Gasteiger partial charge on any atom is 0.225 e. The summed E-state index contributed by atoms with van der Waals surface area (Å²) in [6.45, 7) is 11.7. The number of benzene rings is 1. The zero-order valence-corrected chi connectivity index (χ0v) is 19.7. The Labute approximate surface area is 197 Å². The molecule has 3 aliphatic rings. The molecule has 0 aromatic heterocycles. The molecule has 1 N–H and O–H groups in total. The summed E-state index contributed by atoms with van der Waals surface area (Å²) in [5.74, 6) is 2.40. The Bertz CT molecular complexity index is 892. The lowest BCUT2D eigenvalue weighted by molar-refractivity contribution is -0.125. The highest BCUT2D eigenvalue weighted by molar-refractivity contribution is 5.79. The molecule has 1 unspecified atom stereocenters. The molecular formula is C26H36N4O3. The Balaban J connectivity index is 1.38. The highest BCUT2D eigenvalue weighted by Gasteiger charge is 2.31. The van der Waals surface area contributed by atoms with Crippen LogP contribution >= 0.6 is 0 Å². The van der Waals surface area contributed by atoms with E-state index in [0.29, 0.717) is 25.6 Å². The van der Waals surface area contributed by atoms with Crippen LogP contribution in [0, 0.1) is 5.92 Å². The number of nitrogens with zero attached hydrogens (tertiary/aromatic N) is 3. The minimum absolute atomic E-state index is 0.0417. The zero-order chi connectivity index (χ0) is 23.0. The molecule has 0 aliphatic carbocycles. The van der Waals surface area contributed by atoms with Gasteiger partial charge in [0.15, 0.2) is 11.5 Å². The first kappa shape index (κ1) is 23.4. The maximum absolute atomic E-state index is 13.2. The molecular weight excluding hydrogens is 416 g/mol. The summed E-state index contributed by atoms with van der Waals surface area (Å²) in [6.07, 6.45) is 9.62. The quantitative estimate of drug-likeness (QED) is 0.584. The Morgan fingerprint density at radius 1 is 1.24 bits per heavy atom. The van der Waals surface area contributed by atoms with E-state index in [1.807, 2.05) is 25.1 Å². The van der Waals surface area contributed by atoms with Crippen molar-refractivity contribution >= 4 is 12.1 Å². The topological polar surface area (TPSA) is 66.4 Å². The standard InChI is InChI=1S/C26H36N4O3/c1-3-4-10-27-20(2)30-13-9-22(18-30)26(31)28-23(19-29-11-5-6-12-29)16-21-7-8-24-25(17-21)33-15-14-32-24/h3-4,7-8,10,17,22-23H,2,5-6,9,11-16,18-19H2,1H3,(H,28,31)/b4-3-,27-10?/t22-,23?/m1/s1. The number of aliphatic imine (C=N–C) groups is 1. The van der Waals surface area contributed by atoms with Gasteiger partial charge in [-0.2, -0.15) is 0 Å². The Hall–Kier alpha value is -2.80. The molecule has 7 nitrogen and oxygen atoms in total. The van der Waals surface area contributed by atoms with Gasteiger partial charge in [-0.3, -0.25) is 4.79 Å². The summed E-state index contributed by atoms with van der Waals surface area (Å²) < 4.78 is 11.4. The minimum atomic E-state index is -0.0417. The fourth-order valence-electron chi connectivity index (χ4n) is 4.76. The van der Waals surface area contributed by atoms with Crippen LogP contribution in [0.5, 0.6) is 11.5 Å². The largest absolute Gasteiger partial charge is 0.486 e. The number of ether oxygens (including phenoxy) is 2. The number of rotatable bonds is 9. The molecule has 0 saturated carbocycles. The van der Waals surface area contributed by atoms with Gasteiger partial charge in [0.1, 0.15) is 19.0 Å². The monoisotopic (exact) mass is 452 g/mol. The molecule has 0 bridgehead atoms. The van der Waals surface area contributed by atoms with Gasteiger partial charge < -0.3 is 24.6 Å². The first-order valence-electron chi connectivity index (χ1n) is 12.1. The molecule has 1 aromatic carbocycles. The summed E-state index contributed by atoms with van der Waals surface area (Å²) >= 11 is 0. The zero-order valence-electron chi connectivity index (χ0n) is 19.7. The van der Waals surface area contributed by atoms with E-state index in [4.69, 9.17) is 9.47 Å². The summed E-state index contributed by atoms with van der Waals surface area (Å²) in [7, 11) is 0. The molecule has 4 rings (SSSR count). The molecule has 1 amide bonds. The van der Waals surface area contributed by atoms with Crippen molar-refractivity contribution in [3.63, 3.8) is 0 Å². The third kappa shape index (κ3) is 6.38. The van der Waals surface area contributed by atoms with E-state index >= 15 is 0 Å². The van der Waals surface area contributed by atoms with E-state index < -0.39 is 0 Å². The van der Waals surface area contributed by atoms with Gasteiger partial charge in [-0.1, -0.05) is 18.7 Å². The van der Waals surface area contributed by atoms with Crippen LogP contribution in [0.2, 0.25) is 0 Å². The number of amides is 1. The van der Waals surface area contributed by atoms with E-state index in [-0.39, 0.29) is 17.9 Å².